The lowest BCUT2D eigenvalue weighted by molar-refractivity contribution is 0.362. The fourth-order valence-corrected chi connectivity index (χ4v) is 2.44. The molecule has 4 heteroatoms. The number of aryl methyl sites for hydroxylation is 1. The second-order valence-corrected chi connectivity index (χ2v) is 5.41. The van der Waals surface area contributed by atoms with Gasteiger partial charge >= 0.3 is 0 Å². The maximum Gasteiger partial charge on any atom is 0.149 e. The zero-order valence-electron chi connectivity index (χ0n) is 13.4. The van der Waals surface area contributed by atoms with Gasteiger partial charge in [-0.2, -0.15) is 5.26 Å². The Morgan fingerprint density at radius 2 is 2.17 bits per heavy atom. The summed E-state index contributed by atoms with van der Waals surface area (Å²) in [7, 11) is 0. The van der Waals surface area contributed by atoms with Gasteiger partial charge in [-0.1, -0.05) is 36.9 Å². The van der Waals surface area contributed by atoms with E-state index in [0.29, 0.717) is 23.8 Å². The standard InChI is InChI=1S/C20H17N3O/c1-3-10-24-19-7-5-4-6-15(19)12-16(13-21)20-22-17-9-8-14(2)11-18(17)23-20/h3-9,11-12H,1,10H2,2H3,(H,22,23). The topological polar surface area (TPSA) is 61.7 Å². The number of fused-ring (bicyclic) bond motifs is 1. The number of allylic oxidation sites excluding steroid dienone is 1. The molecule has 0 fully saturated rings. The van der Waals surface area contributed by atoms with Crippen LogP contribution in [0.5, 0.6) is 5.75 Å². The van der Waals surface area contributed by atoms with Crippen LogP contribution in [-0.4, -0.2) is 16.6 Å². The first-order valence-electron chi connectivity index (χ1n) is 7.62. The predicted molar refractivity (Wildman–Crippen MR) is 96.4 cm³/mol. The quantitative estimate of drug-likeness (QED) is 0.557. The fraction of sp³-hybridized carbons (Fsp3) is 0.100. The molecule has 0 amide bonds. The van der Waals surface area contributed by atoms with Crippen LogP contribution in [0.15, 0.2) is 55.1 Å². The van der Waals surface area contributed by atoms with Crippen molar-refractivity contribution in [2.45, 2.75) is 6.92 Å². The van der Waals surface area contributed by atoms with Crippen molar-refractivity contribution in [3.05, 3.63) is 72.1 Å². The average Bonchev–Trinajstić information content (AvgIpc) is 3.01. The van der Waals surface area contributed by atoms with Crippen molar-refractivity contribution in [1.29, 1.82) is 5.26 Å². The summed E-state index contributed by atoms with van der Waals surface area (Å²) in [4.78, 5) is 7.72. The molecule has 0 saturated carbocycles. The van der Waals surface area contributed by atoms with Gasteiger partial charge in [0.2, 0.25) is 0 Å². The second-order valence-electron chi connectivity index (χ2n) is 5.41. The Morgan fingerprint density at radius 3 is 2.96 bits per heavy atom. The van der Waals surface area contributed by atoms with Crippen LogP contribution in [0.25, 0.3) is 22.7 Å². The van der Waals surface area contributed by atoms with E-state index in [2.05, 4.69) is 22.6 Å². The number of aromatic nitrogens is 2. The van der Waals surface area contributed by atoms with Gasteiger partial charge in [0.05, 0.1) is 16.6 Å². The number of para-hydroxylation sites is 1. The number of imidazole rings is 1. The molecule has 0 aliphatic rings. The van der Waals surface area contributed by atoms with Crippen LogP contribution in [0.4, 0.5) is 0 Å². The van der Waals surface area contributed by atoms with Crippen LogP contribution in [0.1, 0.15) is 17.0 Å². The van der Waals surface area contributed by atoms with Crippen LogP contribution in [0.2, 0.25) is 0 Å². The molecule has 3 aromatic rings. The van der Waals surface area contributed by atoms with Gasteiger partial charge in [0.15, 0.2) is 0 Å². The highest BCUT2D eigenvalue weighted by molar-refractivity contribution is 5.91. The lowest BCUT2D eigenvalue weighted by Crippen LogP contribution is -1.95. The number of nitrogens with zero attached hydrogens (tertiary/aromatic N) is 2. The third-order valence-electron chi connectivity index (χ3n) is 3.59. The monoisotopic (exact) mass is 315 g/mol. The molecular weight excluding hydrogens is 298 g/mol. The minimum atomic E-state index is 0.413. The molecule has 2 aromatic carbocycles. The van der Waals surface area contributed by atoms with Gasteiger partial charge < -0.3 is 9.72 Å². The van der Waals surface area contributed by atoms with E-state index in [0.717, 1.165) is 22.2 Å². The van der Waals surface area contributed by atoms with E-state index in [9.17, 15) is 5.26 Å². The summed E-state index contributed by atoms with van der Waals surface area (Å²) < 4.78 is 5.64. The number of rotatable bonds is 5. The summed E-state index contributed by atoms with van der Waals surface area (Å²) in [6, 6.07) is 15.8. The zero-order valence-corrected chi connectivity index (χ0v) is 13.4. The molecule has 1 aromatic heterocycles. The van der Waals surface area contributed by atoms with E-state index in [1.54, 1.807) is 12.2 Å². The largest absolute Gasteiger partial charge is 0.489 e. The Labute approximate surface area is 140 Å². The molecular formula is C20H17N3O. The number of benzene rings is 2. The molecule has 0 aliphatic heterocycles. The highest BCUT2D eigenvalue weighted by atomic mass is 16.5. The van der Waals surface area contributed by atoms with Crippen LogP contribution in [0.3, 0.4) is 0 Å². The van der Waals surface area contributed by atoms with Crippen molar-refractivity contribution < 1.29 is 4.74 Å². The molecule has 0 unspecified atom stereocenters. The molecule has 3 rings (SSSR count). The van der Waals surface area contributed by atoms with E-state index in [1.807, 2.05) is 49.4 Å². The van der Waals surface area contributed by atoms with Crippen LogP contribution in [0, 0.1) is 18.3 Å². The first-order valence-corrected chi connectivity index (χ1v) is 7.62. The van der Waals surface area contributed by atoms with Gasteiger partial charge in [-0.15, -0.1) is 0 Å². The summed E-state index contributed by atoms with van der Waals surface area (Å²) in [5.41, 5.74) is 4.18. The number of H-pyrrole nitrogens is 1. The van der Waals surface area contributed by atoms with Crippen molar-refractivity contribution in [2.75, 3.05) is 6.61 Å². The maximum atomic E-state index is 9.55. The SMILES string of the molecule is C=CCOc1ccccc1C=C(C#N)c1nc2ccc(C)cc2[nH]1. The van der Waals surface area contributed by atoms with E-state index in [-0.39, 0.29) is 0 Å². The van der Waals surface area contributed by atoms with Gasteiger partial charge in [0, 0.05) is 5.56 Å². The van der Waals surface area contributed by atoms with E-state index < -0.39 is 0 Å². The molecule has 1 N–H and O–H groups in total. The van der Waals surface area contributed by atoms with E-state index >= 15 is 0 Å². The van der Waals surface area contributed by atoms with Crippen molar-refractivity contribution in [1.82, 2.24) is 9.97 Å². The van der Waals surface area contributed by atoms with Crippen molar-refractivity contribution in [2.24, 2.45) is 0 Å². The van der Waals surface area contributed by atoms with E-state index in [1.165, 1.54) is 0 Å². The van der Waals surface area contributed by atoms with Crippen molar-refractivity contribution in [3.63, 3.8) is 0 Å². The van der Waals surface area contributed by atoms with Gasteiger partial charge in [-0.25, -0.2) is 4.98 Å². The first-order chi connectivity index (χ1) is 11.7. The summed E-state index contributed by atoms with van der Waals surface area (Å²) in [5, 5.41) is 9.55. The smallest absolute Gasteiger partial charge is 0.149 e. The lowest BCUT2D eigenvalue weighted by atomic mass is 10.1. The average molecular weight is 315 g/mol. The summed E-state index contributed by atoms with van der Waals surface area (Å²) in [6.07, 6.45) is 3.47. The zero-order chi connectivity index (χ0) is 16.9. The minimum Gasteiger partial charge on any atom is -0.489 e. The number of hydrogen-bond donors (Lipinski definition) is 1. The Morgan fingerprint density at radius 1 is 1.33 bits per heavy atom. The second kappa shape index (κ2) is 6.84. The first kappa shape index (κ1) is 15.6. The number of nitrogens with one attached hydrogen (secondary N) is 1. The van der Waals surface area contributed by atoms with Gasteiger partial charge in [0.1, 0.15) is 24.3 Å². The molecule has 0 aliphatic carbocycles. The van der Waals surface area contributed by atoms with Crippen molar-refractivity contribution >= 4 is 22.7 Å². The molecule has 0 atom stereocenters. The van der Waals surface area contributed by atoms with Gasteiger partial charge in [-0.3, -0.25) is 0 Å². The third-order valence-corrected chi connectivity index (χ3v) is 3.59. The maximum absolute atomic E-state index is 9.55. The third kappa shape index (κ3) is 3.21. The number of ether oxygens (including phenoxy) is 1. The van der Waals surface area contributed by atoms with Crippen LogP contribution < -0.4 is 4.74 Å². The molecule has 0 bridgehead atoms. The summed E-state index contributed by atoms with van der Waals surface area (Å²) in [5.74, 6) is 1.26. The molecule has 1 heterocycles. The lowest BCUT2D eigenvalue weighted by Gasteiger charge is -2.07. The normalized spacial score (nSPS) is 11.2. The minimum absolute atomic E-state index is 0.413. The Bertz CT molecular complexity index is 960. The van der Waals surface area contributed by atoms with E-state index in [4.69, 9.17) is 4.74 Å². The fourth-order valence-electron chi connectivity index (χ4n) is 2.44. The molecule has 0 saturated heterocycles. The predicted octanol–water partition coefficient (Wildman–Crippen LogP) is 4.50. The Kier molecular flexibility index (Phi) is 4.44. The van der Waals surface area contributed by atoms with Gasteiger partial charge in [-0.05, 0) is 36.8 Å². The Hall–Kier alpha value is -3.32. The number of nitriles is 1. The summed E-state index contributed by atoms with van der Waals surface area (Å²) in [6.45, 7) is 6.09. The van der Waals surface area contributed by atoms with Crippen LogP contribution >= 0.6 is 0 Å². The molecule has 118 valence electrons. The van der Waals surface area contributed by atoms with Gasteiger partial charge in [0.25, 0.3) is 0 Å². The molecule has 0 spiro atoms. The molecule has 4 nitrogen and oxygen atoms in total. The summed E-state index contributed by atoms with van der Waals surface area (Å²) >= 11 is 0. The molecule has 0 radical (unpaired) electrons. The Balaban J connectivity index is 2.03. The molecule has 24 heavy (non-hydrogen) atoms. The highest BCUT2D eigenvalue weighted by Gasteiger charge is 2.09. The highest BCUT2D eigenvalue weighted by Crippen LogP contribution is 2.25. The number of hydrogen-bond acceptors (Lipinski definition) is 3. The van der Waals surface area contributed by atoms with Crippen molar-refractivity contribution in [3.8, 4) is 11.8 Å². The van der Waals surface area contributed by atoms with Crippen LogP contribution in [-0.2, 0) is 0 Å². The number of aromatic amines is 1.